The van der Waals surface area contributed by atoms with E-state index in [9.17, 15) is 0 Å². The van der Waals surface area contributed by atoms with Gasteiger partial charge in [0.15, 0.2) is 11.5 Å². The zero-order chi connectivity index (χ0) is 16.8. The van der Waals surface area contributed by atoms with Crippen molar-refractivity contribution in [3.63, 3.8) is 0 Å². The van der Waals surface area contributed by atoms with Gasteiger partial charge in [-0.3, -0.25) is 0 Å². The number of allylic oxidation sites excluding steroid dienone is 4. The topological polar surface area (TPSA) is 21.7 Å². The Morgan fingerprint density at radius 1 is 1.17 bits per heavy atom. The maximum Gasteiger partial charge on any atom is 0.161 e. The molecular formula is C21H29NO2. The second-order valence-electron chi connectivity index (χ2n) is 6.91. The summed E-state index contributed by atoms with van der Waals surface area (Å²) in [5.74, 6) is 2.50. The van der Waals surface area contributed by atoms with Gasteiger partial charge in [-0.2, -0.15) is 0 Å². The number of hydrogen-bond acceptors (Lipinski definition) is 3. The minimum absolute atomic E-state index is 0.773. The number of likely N-dealkylation sites (tertiary alicyclic amines) is 1. The Balaban J connectivity index is 1.57. The highest BCUT2D eigenvalue weighted by atomic mass is 16.5. The standard InChI is InChI=1S/C21H29NO2/c1-22-13-10-17(11-14-22)12-15-24-20-9-8-19(16-21(20)23-2)18-6-4-3-5-7-18/h3-4,6,8-9,16-17H,5,7,10-15H2,1-2H3. The van der Waals surface area contributed by atoms with Crippen molar-refractivity contribution in [2.24, 2.45) is 5.92 Å². The van der Waals surface area contributed by atoms with Gasteiger partial charge in [0, 0.05) is 0 Å². The zero-order valence-corrected chi connectivity index (χ0v) is 15.0. The van der Waals surface area contributed by atoms with E-state index in [1.165, 1.54) is 37.1 Å². The molecular weight excluding hydrogens is 298 g/mol. The van der Waals surface area contributed by atoms with Gasteiger partial charge in [-0.05, 0) is 81.4 Å². The summed E-state index contributed by atoms with van der Waals surface area (Å²) in [4.78, 5) is 2.41. The van der Waals surface area contributed by atoms with Crippen LogP contribution in [0.4, 0.5) is 0 Å². The first-order valence-corrected chi connectivity index (χ1v) is 9.11. The lowest BCUT2D eigenvalue weighted by molar-refractivity contribution is 0.185. The van der Waals surface area contributed by atoms with Crippen molar-refractivity contribution >= 4 is 5.57 Å². The highest BCUT2D eigenvalue weighted by Crippen LogP contribution is 2.33. The summed E-state index contributed by atoms with van der Waals surface area (Å²) in [5.41, 5.74) is 2.60. The Bertz CT molecular complexity index is 598. The molecule has 0 bridgehead atoms. The van der Waals surface area contributed by atoms with Crippen LogP contribution in [0.15, 0.2) is 36.4 Å². The molecule has 0 amide bonds. The Kier molecular flexibility index (Phi) is 5.97. The van der Waals surface area contributed by atoms with Crippen LogP contribution in [-0.2, 0) is 0 Å². The van der Waals surface area contributed by atoms with E-state index < -0.39 is 0 Å². The predicted octanol–water partition coefficient (Wildman–Crippen LogP) is 4.54. The van der Waals surface area contributed by atoms with Gasteiger partial charge in [-0.15, -0.1) is 0 Å². The number of piperidine rings is 1. The molecule has 3 heteroatoms. The van der Waals surface area contributed by atoms with Crippen molar-refractivity contribution < 1.29 is 9.47 Å². The molecule has 0 spiro atoms. The molecule has 1 heterocycles. The van der Waals surface area contributed by atoms with Crippen LogP contribution in [-0.4, -0.2) is 38.8 Å². The van der Waals surface area contributed by atoms with Crippen LogP contribution in [0, 0.1) is 5.92 Å². The summed E-state index contributed by atoms with van der Waals surface area (Å²) < 4.78 is 11.6. The lowest BCUT2D eigenvalue weighted by Gasteiger charge is -2.28. The molecule has 1 aromatic carbocycles. The molecule has 130 valence electrons. The molecule has 3 rings (SSSR count). The average Bonchev–Trinajstić information content (AvgIpc) is 2.64. The molecule has 0 atom stereocenters. The van der Waals surface area contributed by atoms with Gasteiger partial charge in [0.2, 0.25) is 0 Å². The fraction of sp³-hybridized carbons (Fsp3) is 0.524. The summed E-state index contributed by atoms with van der Waals surface area (Å²) in [6.45, 7) is 3.20. The van der Waals surface area contributed by atoms with Gasteiger partial charge in [0.05, 0.1) is 13.7 Å². The van der Waals surface area contributed by atoms with Gasteiger partial charge in [0.25, 0.3) is 0 Å². The fourth-order valence-corrected chi connectivity index (χ4v) is 3.52. The molecule has 1 fully saturated rings. The van der Waals surface area contributed by atoms with Crippen molar-refractivity contribution in [3.8, 4) is 11.5 Å². The Morgan fingerprint density at radius 2 is 2.00 bits per heavy atom. The van der Waals surface area contributed by atoms with Crippen LogP contribution in [0.5, 0.6) is 11.5 Å². The van der Waals surface area contributed by atoms with E-state index in [0.717, 1.165) is 43.3 Å². The molecule has 0 saturated carbocycles. The van der Waals surface area contributed by atoms with E-state index in [1.54, 1.807) is 7.11 Å². The van der Waals surface area contributed by atoms with Gasteiger partial charge < -0.3 is 14.4 Å². The molecule has 1 aliphatic heterocycles. The lowest BCUT2D eigenvalue weighted by atomic mass is 9.94. The second-order valence-corrected chi connectivity index (χ2v) is 6.91. The van der Waals surface area contributed by atoms with E-state index in [1.807, 2.05) is 0 Å². The summed E-state index contributed by atoms with van der Waals surface area (Å²) in [5, 5.41) is 0. The Hall–Kier alpha value is -1.74. The van der Waals surface area contributed by atoms with Gasteiger partial charge in [-0.25, -0.2) is 0 Å². The molecule has 24 heavy (non-hydrogen) atoms. The zero-order valence-electron chi connectivity index (χ0n) is 15.0. The third-order valence-corrected chi connectivity index (χ3v) is 5.17. The second kappa shape index (κ2) is 8.39. The van der Waals surface area contributed by atoms with E-state index >= 15 is 0 Å². The summed E-state index contributed by atoms with van der Waals surface area (Å²) >= 11 is 0. The van der Waals surface area contributed by atoms with E-state index in [4.69, 9.17) is 9.47 Å². The molecule has 0 radical (unpaired) electrons. The molecule has 0 N–H and O–H groups in total. The van der Waals surface area contributed by atoms with Gasteiger partial charge >= 0.3 is 0 Å². The number of nitrogens with zero attached hydrogens (tertiary/aromatic N) is 1. The number of ether oxygens (including phenoxy) is 2. The van der Waals surface area contributed by atoms with Crippen molar-refractivity contribution in [2.75, 3.05) is 33.9 Å². The Morgan fingerprint density at radius 3 is 2.71 bits per heavy atom. The van der Waals surface area contributed by atoms with Crippen LogP contribution in [0.1, 0.15) is 37.7 Å². The van der Waals surface area contributed by atoms with Crippen LogP contribution < -0.4 is 9.47 Å². The molecule has 1 aliphatic carbocycles. The van der Waals surface area contributed by atoms with Gasteiger partial charge in [-0.1, -0.05) is 24.3 Å². The number of benzene rings is 1. The first kappa shape index (κ1) is 17.1. The number of rotatable bonds is 6. The maximum absolute atomic E-state index is 6.03. The SMILES string of the molecule is COc1cc(C2=CC=CCC2)ccc1OCCC1CCN(C)CC1. The molecule has 1 saturated heterocycles. The molecule has 0 unspecified atom stereocenters. The van der Waals surface area contributed by atoms with Crippen molar-refractivity contribution in [3.05, 3.63) is 42.0 Å². The third-order valence-electron chi connectivity index (χ3n) is 5.17. The lowest BCUT2D eigenvalue weighted by Crippen LogP contribution is -2.30. The van der Waals surface area contributed by atoms with Crippen molar-refractivity contribution in [2.45, 2.75) is 32.1 Å². The largest absolute Gasteiger partial charge is 0.493 e. The van der Waals surface area contributed by atoms with E-state index in [0.29, 0.717) is 0 Å². The fourth-order valence-electron chi connectivity index (χ4n) is 3.52. The third kappa shape index (κ3) is 4.41. The van der Waals surface area contributed by atoms with E-state index in [-0.39, 0.29) is 0 Å². The molecule has 2 aliphatic rings. The van der Waals surface area contributed by atoms with Crippen molar-refractivity contribution in [1.82, 2.24) is 4.90 Å². The van der Waals surface area contributed by atoms with Crippen LogP contribution >= 0.6 is 0 Å². The minimum atomic E-state index is 0.773. The quantitative estimate of drug-likeness (QED) is 0.766. The highest BCUT2D eigenvalue weighted by molar-refractivity contribution is 5.70. The van der Waals surface area contributed by atoms with Crippen LogP contribution in [0.2, 0.25) is 0 Å². The summed E-state index contributed by atoms with van der Waals surface area (Å²) in [6, 6.07) is 6.32. The monoisotopic (exact) mass is 327 g/mol. The Labute approximate surface area is 146 Å². The van der Waals surface area contributed by atoms with Gasteiger partial charge in [0.1, 0.15) is 0 Å². The van der Waals surface area contributed by atoms with Crippen molar-refractivity contribution in [1.29, 1.82) is 0 Å². The average molecular weight is 327 g/mol. The number of hydrogen-bond donors (Lipinski definition) is 0. The van der Waals surface area contributed by atoms with Crippen LogP contribution in [0.3, 0.4) is 0 Å². The maximum atomic E-state index is 6.03. The number of methoxy groups -OCH3 is 1. The summed E-state index contributed by atoms with van der Waals surface area (Å²) in [6.07, 6.45) is 12.5. The normalized spacial score (nSPS) is 19.2. The smallest absolute Gasteiger partial charge is 0.161 e. The highest BCUT2D eigenvalue weighted by Gasteiger charge is 2.17. The molecule has 1 aromatic rings. The van der Waals surface area contributed by atoms with E-state index in [2.05, 4.69) is 48.4 Å². The first-order valence-electron chi connectivity index (χ1n) is 9.11. The molecule has 3 nitrogen and oxygen atoms in total. The minimum Gasteiger partial charge on any atom is -0.493 e. The molecule has 0 aromatic heterocycles. The summed E-state index contributed by atoms with van der Waals surface area (Å²) in [7, 11) is 3.93. The van der Waals surface area contributed by atoms with Crippen LogP contribution in [0.25, 0.3) is 5.57 Å². The predicted molar refractivity (Wildman–Crippen MR) is 99.7 cm³/mol. The first-order chi connectivity index (χ1) is 11.8.